The van der Waals surface area contributed by atoms with E-state index in [1.54, 1.807) is 17.5 Å². The lowest BCUT2D eigenvalue weighted by Crippen LogP contribution is -2.46. The van der Waals surface area contributed by atoms with Crippen molar-refractivity contribution in [2.75, 3.05) is 29.8 Å². The van der Waals surface area contributed by atoms with Crippen LogP contribution >= 0.6 is 34.9 Å². The number of hydrogen-bond acceptors (Lipinski definition) is 6. The quantitative estimate of drug-likeness (QED) is 0.450. The summed E-state index contributed by atoms with van der Waals surface area (Å²) >= 11 is 9.80. The van der Waals surface area contributed by atoms with Crippen molar-refractivity contribution < 1.29 is 0 Å². The van der Waals surface area contributed by atoms with E-state index in [2.05, 4.69) is 75.9 Å². The normalized spacial score (nSPS) is 19.4. The first kappa shape index (κ1) is 20.5. The standard InChI is InChI=1S/C22H25ClN4S2/c1-22(10-12-27(16-22)15-17-6-4-3-5-7-17)26(2)20-9-8-18(14-19(20)23)29-25-21-24-11-13-28-21/h3-9,11,13-14H,10,12,15-16H2,1-2H3,(H,24,25). The summed E-state index contributed by atoms with van der Waals surface area (Å²) in [4.78, 5) is 10.2. The first-order valence-corrected chi connectivity index (χ1v) is 11.7. The van der Waals surface area contributed by atoms with E-state index in [1.165, 1.54) is 17.5 Å². The summed E-state index contributed by atoms with van der Waals surface area (Å²) in [5.74, 6) is 0. The van der Waals surface area contributed by atoms with E-state index in [-0.39, 0.29) is 5.54 Å². The second kappa shape index (κ2) is 8.96. The van der Waals surface area contributed by atoms with Crippen molar-refractivity contribution in [1.29, 1.82) is 0 Å². The molecule has 1 fully saturated rings. The van der Waals surface area contributed by atoms with Crippen molar-refractivity contribution >= 4 is 45.7 Å². The van der Waals surface area contributed by atoms with Gasteiger partial charge in [-0.25, -0.2) is 4.98 Å². The molecule has 1 aromatic heterocycles. The van der Waals surface area contributed by atoms with Crippen LogP contribution in [0.2, 0.25) is 5.02 Å². The summed E-state index contributed by atoms with van der Waals surface area (Å²) in [5, 5.41) is 3.63. The highest BCUT2D eigenvalue weighted by molar-refractivity contribution is 8.00. The number of thiazole rings is 1. The number of likely N-dealkylation sites (tertiary alicyclic amines) is 1. The molecular formula is C22H25ClN4S2. The van der Waals surface area contributed by atoms with E-state index >= 15 is 0 Å². The zero-order chi connectivity index (χ0) is 20.3. The number of aromatic nitrogens is 1. The monoisotopic (exact) mass is 444 g/mol. The summed E-state index contributed by atoms with van der Waals surface area (Å²) in [6, 6.07) is 17.0. The molecule has 1 unspecified atom stereocenters. The van der Waals surface area contributed by atoms with Gasteiger partial charge in [-0.05, 0) is 49.1 Å². The summed E-state index contributed by atoms with van der Waals surface area (Å²) in [7, 11) is 2.16. The van der Waals surface area contributed by atoms with Crippen LogP contribution in [0.1, 0.15) is 18.9 Å². The average Bonchev–Trinajstić information content (AvgIpc) is 3.37. The molecule has 4 rings (SSSR count). The van der Waals surface area contributed by atoms with Gasteiger partial charge >= 0.3 is 0 Å². The van der Waals surface area contributed by atoms with Crippen molar-refractivity contribution in [3.63, 3.8) is 0 Å². The highest BCUT2D eigenvalue weighted by Gasteiger charge is 2.38. The number of likely N-dealkylation sites (N-methyl/N-ethyl adjacent to an activating group) is 1. The zero-order valence-corrected chi connectivity index (χ0v) is 19.0. The summed E-state index contributed by atoms with van der Waals surface area (Å²) < 4.78 is 3.25. The second-order valence-corrected chi connectivity index (χ2v) is 9.84. The number of hydrogen-bond donors (Lipinski definition) is 1. The van der Waals surface area contributed by atoms with Crippen LogP contribution in [0.15, 0.2) is 65.0 Å². The maximum absolute atomic E-state index is 6.68. The zero-order valence-electron chi connectivity index (χ0n) is 16.6. The van der Waals surface area contributed by atoms with Crippen molar-refractivity contribution in [3.8, 4) is 0 Å². The predicted molar refractivity (Wildman–Crippen MR) is 126 cm³/mol. The number of nitrogens with zero attached hydrogens (tertiary/aromatic N) is 3. The van der Waals surface area contributed by atoms with E-state index in [4.69, 9.17) is 11.6 Å². The van der Waals surface area contributed by atoms with Crippen molar-refractivity contribution in [2.45, 2.75) is 30.3 Å². The molecule has 3 aromatic rings. The fraction of sp³-hybridized carbons (Fsp3) is 0.318. The third-order valence-corrected chi connectivity index (χ3v) is 7.46. The van der Waals surface area contributed by atoms with Crippen LogP contribution in [0.5, 0.6) is 0 Å². The molecule has 0 amide bonds. The molecule has 1 atom stereocenters. The lowest BCUT2D eigenvalue weighted by atomic mass is 9.98. The minimum Gasteiger partial charge on any atom is -0.367 e. The van der Waals surface area contributed by atoms with Gasteiger partial charge in [-0.1, -0.05) is 41.9 Å². The number of benzene rings is 2. The topological polar surface area (TPSA) is 31.4 Å². The van der Waals surface area contributed by atoms with Gasteiger partial charge in [0.15, 0.2) is 5.13 Å². The second-order valence-electron chi connectivity index (χ2n) is 7.66. The molecule has 152 valence electrons. The molecule has 0 spiro atoms. The van der Waals surface area contributed by atoms with E-state index < -0.39 is 0 Å². The molecule has 0 radical (unpaired) electrons. The fourth-order valence-corrected chi connectivity index (χ4v) is 5.41. The number of halogens is 1. The molecule has 2 heterocycles. The third kappa shape index (κ3) is 4.89. The summed E-state index contributed by atoms with van der Waals surface area (Å²) in [5.41, 5.74) is 2.51. The largest absolute Gasteiger partial charge is 0.367 e. The van der Waals surface area contributed by atoms with Gasteiger partial charge in [-0.3, -0.25) is 4.90 Å². The molecule has 0 saturated carbocycles. The van der Waals surface area contributed by atoms with Gasteiger partial charge < -0.3 is 9.62 Å². The van der Waals surface area contributed by atoms with Crippen molar-refractivity contribution in [2.24, 2.45) is 0 Å². The van der Waals surface area contributed by atoms with Crippen LogP contribution in [-0.2, 0) is 6.54 Å². The minimum absolute atomic E-state index is 0.0617. The van der Waals surface area contributed by atoms with Crippen molar-refractivity contribution in [1.82, 2.24) is 9.88 Å². The average molecular weight is 445 g/mol. The number of rotatable bonds is 7. The Morgan fingerprint density at radius 3 is 2.83 bits per heavy atom. The molecule has 1 N–H and O–H groups in total. The van der Waals surface area contributed by atoms with Crippen LogP contribution in [0.25, 0.3) is 0 Å². The lowest BCUT2D eigenvalue weighted by molar-refractivity contribution is 0.306. The van der Waals surface area contributed by atoms with Crippen LogP contribution < -0.4 is 9.62 Å². The maximum atomic E-state index is 6.68. The van der Waals surface area contributed by atoms with Gasteiger partial charge in [-0.15, -0.1) is 11.3 Å². The molecule has 2 aromatic carbocycles. The van der Waals surface area contributed by atoms with E-state index in [0.717, 1.165) is 46.8 Å². The first-order valence-electron chi connectivity index (χ1n) is 9.65. The van der Waals surface area contributed by atoms with Gasteiger partial charge in [0.2, 0.25) is 0 Å². The van der Waals surface area contributed by atoms with Crippen LogP contribution in [0.3, 0.4) is 0 Å². The Kier molecular flexibility index (Phi) is 6.35. The molecule has 0 aliphatic carbocycles. The summed E-state index contributed by atoms with van der Waals surface area (Å²) in [6.07, 6.45) is 2.91. The Morgan fingerprint density at radius 2 is 2.10 bits per heavy atom. The Hall–Kier alpha value is -1.73. The highest BCUT2D eigenvalue weighted by atomic mass is 35.5. The summed E-state index contributed by atoms with van der Waals surface area (Å²) in [6.45, 7) is 5.45. The SMILES string of the molecule is CN(c1ccc(SNc2nccs2)cc1Cl)C1(C)CCN(Cc2ccccc2)C1. The van der Waals surface area contributed by atoms with Crippen molar-refractivity contribution in [3.05, 3.63) is 70.7 Å². The predicted octanol–water partition coefficient (Wildman–Crippen LogP) is 6.02. The van der Waals surface area contributed by atoms with Gasteiger partial charge in [0.1, 0.15) is 0 Å². The van der Waals surface area contributed by atoms with E-state index in [0.29, 0.717) is 0 Å². The fourth-order valence-electron chi connectivity index (χ4n) is 3.78. The smallest absolute Gasteiger partial charge is 0.192 e. The molecule has 0 bridgehead atoms. The van der Waals surface area contributed by atoms with Crippen LogP contribution in [-0.4, -0.2) is 35.6 Å². The van der Waals surface area contributed by atoms with Crippen LogP contribution in [0, 0.1) is 0 Å². The Bertz CT molecular complexity index is 935. The molecule has 1 aliphatic rings. The molecular weight excluding hydrogens is 420 g/mol. The molecule has 4 nitrogen and oxygen atoms in total. The molecule has 29 heavy (non-hydrogen) atoms. The van der Waals surface area contributed by atoms with Gasteiger partial charge in [-0.2, -0.15) is 0 Å². The minimum atomic E-state index is 0.0617. The number of anilines is 2. The Balaban J connectivity index is 1.41. The van der Waals surface area contributed by atoms with Gasteiger partial charge in [0.25, 0.3) is 0 Å². The van der Waals surface area contributed by atoms with E-state index in [9.17, 15) is 0 Å². The van der Waals surface area contributed by atoms with Gasteiger partial charge in [0.05, 0.1) is 16.2 Å². The molecule has 1 saturated heterocycles. The Morgan fingerprint density at radius 1 is 1.28 bits per heavy atom. The van der Waals surface area contributed by atoms with Crippen LogP contribution in [0.4, 0.5) is 10.8 Å². The van der Waals surface area contributed by atoms with E-state index in [1.807, 2.05) is 11.4 Å². The first-order chi connectivity index (χ1) is 14.0. The molecule has 7 heteroatoms. The molecule has 1 aliphatic heterocycles. The Labute approximate surface area is 186 Å². The number of nitrogens with one attached hydrogen (secondary N) is 1. The third-order valence-electron chi connectivity index (χ3n) is 5.56. The van der Waals surface area contributed by atoms with Gasteiger partial charge in [0, 0.05) is 43.2 Å². The lowest BCUT2D eigenvalue weighted by Gasteiger charge is -2.38. The highest BCUT2D eigenvalue weighted by Crippen LogP contribution is 2.37. The maximum Gasteiger partial charge on any atom is 0.192 e.